The molecule has 0 spiro atoms. The van der Waals surface area contributed by atoms with Gasteiger partial charge in [0.1, 0.15) is 13.1 Å². The molecule has 2 N–H and O–H groups in total. The molecule has 2 nitrogen and oxygen atoms in total. The maximum atomic E-state index is 5.80. The third kappa shape index (κ3) is 3.93. The van der Waals surface area contributed by atoms with Crippen molar-refractivity contribution >= 4 is 28.5 Å². The zero-order valence-corrected chi connectivity index (χ0v) is 10.4. The van der Waals surface area contributed by atoms with E-state index in [0.717, 1.165) is 23.9 Å². The minimum atomic E-state index is 0. The van der Waals surface area contributed by atoms with Crippen molar-refractivity contribution in [2.24, 2.45) is 0 Å². The summed E-state index contributed by atoms with van der Waals surface area (Å²) in [5, 5.41) is 5.26. The monoisotopic (exact) mass is 262 g/mol. The molecule has 1 aliphatic heterocycles. The molecule has 2 rings (SSSR count). The van der Waals surface area contributed by atoms with Gasteiger partial charge in [-0.05, 0) is 29.5 Å². The van der Waals surface area contributed by atoms with Crippen LogP contribution in [0.3, 0.4) is 0 Å². The summed E-state index contributed by atoms with van der Waals surface area (Å²) in [4.78, 5) is 3.28. The van der Waals surface area contributed by atoms with Crippen molar-refractivity contribution < 1.29 is 17.4 Å². The third-order valence-electron chi connectivity index (χ3n) is 1.99. The summed E-state index contributed by atoms with van der Waals surface area (Å²) in [6.45, 7) is 2.06. The van der Waals surface area contributed by atoms with Gasteiger partial charge in [0.05, 0.1) is 0 Å². The quantitative estimate of drug-likeness (QED) is 0.623. The molecule has 1 aliphatic rings. The molecule has 1 aromatic carbocycles. The highest BCUT2D eigenvalue weighted by Crippen LogP contribution is 2.14. The molecule has 1 aromatic rings. The minimum Gasteiger partial charge on any atom is -1.00 e. The van der Waals surface area contributed by atoms with Gasteiger partial charge in [0.25, 0.3) is 0 Å². The molecule has 0 atom stereocenters. The van der Waals surface area contributed by atoms with Gasteiger partial charge in [-0.15, -0.1) is 0 Å². The first-order chi connectivity index (χ1) is 6.84. The third-order valence-corrected chi connectivity index (χ3v) is 3.30. The topological polar surface area (TPSA) is 26.0 Å². The number of hydrogen-bond donors (Lipinski definition) is 2. The molecule has 1 heterocycles. The van der Waals surface area contributed by atoms with E-state index in [1.807, 2.05) is 12.1 Å². The summed E-state index contributed by atoms with van der Waals surface area (Å²) >= 11 is 7.60. The summed E-state index contributed by atoms with van der Waals surface area (Å²) in [6.07, 6.45) is 0. The molecule has 5 heteroatoms. The summed E-state index contributed by atoms with van der Waals surface area (Å²) in [7, 11) is 0. The molecule has 0 fully saturated rings. The SMILES string of the molecule is Clc1ccc(CSC2=[NH+]CCN2)cc1.[Cl-]. The van der Waals surface area contributed by atoms with E-state index >= 15 is 0 Å². The van der Waals surface area contributed by atoms with Gasteiger partial charge >= 0.3 is 5.17 Å². The van der Waals surface area contributed by atoms with Crippen molar-refractivity contribution in [2.45, 2.75) is 5.75 Å². The molecule has 0 saturated carbocycles. The Morgan fingerprint density at radius 2 is 2.07 bits per heavy atom. The molecule has 0 amide bonds. The van der Waals surface area contributed by atoms with Crippen molar-refractivity contribution in [1.82, 2.24) is 5.32 Å². The summed E-state index contributed by atoms with van der Waals surface area (Å²) < 4.78 is 0. The number of benzene rings is 1. The fourth-order valence-corrected chi connectivity index (χ4v) is 2.29. The highest BCUT2D eigenvalue weighted by atomic mass is 35.5. The molecule has 82 valence electrons. The fraction of sp³-hybridized carbons (Fsp3) is 0.300. The molecule has 0 saturated heterocycles. The Bertz CT molecular complexity index is 338. The highest BCUT2D eigenvalue weighted by Gasteiger charge is 2.12. The molecule has 0 unspecified atom stereocenters. The van der Waals surface area contributed by atoms with Gasteiger partial charge in [-0.1, -0.05) is 23.7 Å². The Hall–Kier alpha value is -0.380. The van der Waals surface area contributed by atoms with Gasteiger partial charge < -0.3 is 12.4 Å². The van der Waals surface area contributed by atoms with Crippen LogP contribution < -0.4 is 22.7 Å². The smallest absolute Gasteiger partial charge is 0.304 e. The van der Waals surface area contributed by atoms with Crippen LogP contribution in [0.25, 0.3) is 0 Å². The first kappa shape index (κ1) is 12.7. The lowest BCUT2D eigenvalue weighted by molar-refractivity contribution is -0.441. The van der Waals surface area contributed by atoms with Gasteiger partial charge in [-0.2, -0.15) is 0 Å². The summed E-state index contributed by atoms with van der Waals surface area (Å²) in [6, 6.07) is 7.98. The molecule has 0 bridgehead atoms. The number of amidine groups is 1. The minimum absolute atomic E-state index is 0. The van der Waals surface area contributed by atoms with Gasteiger partial charge in [-0.3, -0.25) is 10.3 Å². The lowest BCUT2D eigenvalue weighted by Gasteiger charge is -1.98. The maximum Gasteiger partial charge on any atom is 0.304 e. The predicted molar refractivity (Wildman–Crippen MR) is 61.6 cm³/mol. The van der Waals surface area contributed by atoms with Crippen LogP contribution >= 0.6 is 23.4 Å². The standard InChI is InChI=1S/C10H11ClN2S.ClH/c11-9-3-1-8(2-4-9)7-14-10-12-5-6-13-10;/h1-4H,5-7H2,(H,12,13);1H. The molecular weight excluding hydrogens is 251 g/mol. The number of hydrogen-bond acceptors (Lipinski definition) is 2. The molecule has 15 heavy (non-hydrogen) atoms. The summed E-state index contributed by atoms with van der Waals surface area (Å²) in [5.74, 6) is 0.979. The van der Waals surface area contributed by atoms with Crippen LogP contribution in [0.15, 0.2) is 24.3 Å². The van der Waals surface area contributed by atoms with E-state index in [9.17, 15) is 0 Å². The molecular formula is C10H12Cl2N2S. The van der Waals surface area contributed by atoms with Crippen molar-refractivity contribution in [3.63, 3.8) is 0 Å². The van der Waals surface area contributed by atoms with Crippen LogP contribution in [-0.2, 0) is 5.75 Å². The number of rotatable bonds is 2. The van der Waals surface area contributed by atoms with Gasteiger partial charge in [0, 0.05) is 10.8 Å². The second kappa shape index (κ2) is 6.26. The predicted octanol–water partition coefficient (Wildman–Crippen LogP) is -2.38. The normalized spacial score (nSPS) is 14.1. The average Bonchev–Trinajstić information content (AvgIpc) is 2.70. The van der Waals surface area contributed by atoms with E-state index in [2.05, 4.69) is 22.4 Å². The lowest BCUT2D eigenvalue weighted by atomic mass is 10.2. The van der Waals surface area contributed by atoms with Crippen LogP contribution in [0.5, 0.6) is 0 Å². The lowest BCUT2D eigenvalue weighted by Crippen LogP contribution is -3.00. The van der Waals surface area contributed by atoms with Crippen molar-refractivity contribution in [1.29, 1.82) is 0 Å². The van der Waals surface area contributed by atoms with Gasteiger partial charge in [0.15, 0.2) is 0 Å². The number of nitrogens with one attached hydrogen (secondary N) is 2. The van der Waals surface area contributed by atoms with E-state index in [0.29, 0.717) is 0 Å². The first-order valence-corrected chi connectivity index (χ1v) is 5.93. The van der Waals surface area contributed by atoms with Crippen LogP contribution in [0.2, 0.25) is 5.02 Å². The van der Waals surface area contributed by atoms with Crippen LogP contribution in [0.4, 0.5) is 0 Å². The number of halogens is 2. The van der Waals surface area contributed by atoms with E-state index in [4.69, 9.17) is 11.6 Å². The van der Waals surface area contributed by atoms with E-state index in [1.54, 1.807) is 11.8 Å². The molecule has 0 aliphatic carbocycles. The Balaban J connectivity index is 0.00000112. The van der Waals surface area contributed by atoms with Crippen LogP contribution in [0.1, 0.15) is 5.56 Å². The Morgan fingerprint density at radius 3 is 2.67 bits per heavy atom. The van der Waals surface area contributed by atoms with Crippen LogP contribution in [-0.4, -0.2) is 18.3 Å². The zero-order chi connectivity index (χ0) is 9.80. The van der Waals surface area contributed by atoms with E-state index in [1.165, 1.54) is 10.7 Å². The second-order valence-corrected chi connectivity index (χ2v) is 4.52. The first-order valence-electron chi connectivity index (χ1n) is 4.56. The second-order valence-electron chi connectivity index (χ2n) is 3.10. The van der Waals surface area contributed by atoms with Crippen LogP contribution in [0, 0.1) is 0 Å². The average molecular weight is 263 g/mol. The Morgan fingerprint density at radius 1 is 1.33 bits per heavy atom. The molecule has 0 radical (unpaired) electrons. The molecule has 0 aromatic heterocycles. The van der Waals surface area contributed by atoms with E-state index < -0.39 is 0 Å². The maximum absolute atomic E-state index is 5.80. The highest BCUT2D eigenvalue weighted by molar-refractivity contribution is 8.12. The van der Waals surface area contributed by atoms with Gasteiger partial charge in [0.2, 0.25) is 0 Å². The Labute approximate surface area is 105 Å². The van der Waals surface area contributed by atoms with Crippen molar-refractivity contribution in [2.75, 3.05) is 13.1 Å². The number of thioether (sulfide) groups is 1. The Kier molecular flexibility index (Phi) is 5.29. The van der Waals surface area contributed by atoms with E-state index in [-0.39, 0.29) is 12.4 Å². The van der Waals surface area contributed by atoms with Crippen molar-refractivity contribution in [3.8, 4) is 0 Å². The van der Waals surface area contributed by atoms with Gasteiger partial charge in [-0.25, -0.2) is 0 Å². The largest absolute Gasteiger partial charge is 1.00 e. The van der Waals surface area contributed by atoms with Crippen molar-refractivity contribution in [3.05, 3.63) is 34.9 Å². The summed E-state index contributed by atoms with van der Waals surface area (Å²) in [5.41, 5.74) is 1.29. The zero-order valence-electron chi connectivity index (χ0n) is 8.09. The fourth-order valence-electron chi connectivity index (χ4n) is 1.25.